The van der Waals surface area contributed by atoms with E-state index in [9.17, 15) is 4.79 Å². The number of aryl methyl sites for hydroxylation is 2. The predicted molar refractivity (Wildman–Crippen MR) is 63.5 cm³/mol. The van der Waals surface area contributed by atoms with Gasteiger partial charge in [-0.25, -0.2) is 4.79 Å². The summed E-state index contributed by atoms with van der Waals surface area (Å²) in [5.41, 5.74) is 0.973. The molecule has 0 saturated carbocycles. The van der Waals surface area contributed by atoms with Crippen LogP contribution in [0.5, 0.6) is 0 Å². The first-order chi connectivity index (χ1) is 8.61. The Kier molecular flexibility index (Phi) is 3.45. The van der Waals surface area contributed by atoms with Gasteiger partial charge in [-0.05, 0) is 25.0 Å². The van der Waals surface area contributed by atoms with Crippen molar-refractivity contribution < 1.29 is 14.4 Å². The fourth-order valence-electron chi connectivity index (χ4n) is 1.83. The van der Waals surface area contributed by atoms with Gasteiger partial charge in [-0.15, -0.1) is 0 Å². The van der Waals surface area contributed by atoms with Gasteiger partial charge in [0, 0.05) is 12.6 Å². The van der Waals surface area contributed by atoms with E-state index in [0.29, 0.717) is 11.7 Å². The first kappa shape index (κ1) is 12.3. The van der Waals surface area contributed by atoms with Gasteiger partial charge in [0.05, 0.1) is 0 Å². The van der Waals surface area contributed by atoms with Crippen LogP contribution in [-0.2, 0) is 13.0 Å². The standard InChI is InChI=1S/C12H15N3O3/c1-3-4-9-13-10(18-14-9)7-15-6-5-8(2)11(15)12(16)17/h5-6H,3-4,7H2,1-2H3,(H,16,17). The molecule has 2 rings (SSSR count). The molecule has 0 atom stereocenters. The lowest BCUT2D eigenvalue weighted by atomic mass is 10.3. The van der Waals surface area contributed by atoms with Gasteiger partial charge in [-0.3, -0.25) is 0 Å². The predicted octanol–water partition coefficient (Wildman–Crippen LogP) is 1.88. The molecular formula is C12H15N3O3. The minimum atomic E-state index is -0.953. The second kappa shape index (κ2) is 5.03. The van der Waals surface area contributed by atoms with Crippen LogP contribution in [0.1, 0.15) is 41.1 Å². The molecule has 2 aromatic heterocycles. The number of aromatic carboxylic acids is 1. The third kappa shape index (κ3) is 2.42. The highest BCUT2D eigenvalue weighted by Gasteiger charge is 2.15. The zero-order chi connectivity index (χ0) is 13.1. The zero-order valence-corrected chi connectivity index (χ0v) is 10.4. The monoisotopic (exact) mass is 249 g/mol. The van der Waals surface area contributed by atoms with Crippen molar-refractivity contribution >= 4 is 5.97 Å². The van der Waals surface area contributed by atoms with E-state index < -0.39 is 5.97 Å². The zero-order valence-electron chi connectivity index (χ0n) is 10.4. The fraction of sp³-hybridized carbons (Fsp3) is 0.417. The number of aromatic nitrogens is 3. The van der Waals surface area contributed by atoms with Crippen molar-refractivity contribution in [1.82, 2.24) is 14.7 Å². The lowest BCUT2D eigenvalue weighted by Gasteiger charge is -2.02. The van der Waals surface area contributed by atoms with E-state index in [1.54, 1.807) is 23.8 Å². The minimum absolute atomic E-state index is 0.255. The van der Waals surface area contributed by atoms with E-state index in [2.05, 4.69) is 10.1 Å². The average Bonchev–Trinajstić information content (AvgIpc) is 2.87. The molecule has 0 aliphatic carbocycles. The summed E-state index contributed by atoms with van der Waals surface area (Å²) in [6.45, 7) is 4.08. The number of rotatable bonds is 5. The van der Waals surface area contributed by atoms with Crippen molar-refractivity contribution in [3.8, 4) is 0 Å². The minimum Gasteiger partial charge on any atom is -0.477 e. The van der Waals surface area contributed by atoms with Crippen LogP contribution in [0.15, 0.2) is 16.8 Å². The number of hydrogen-bond acceptors (Lipinski definition) is 4. The Balaban J connectivity index is 2.20. The van der Waals surface area contributed by atoms with Gasteiger partial charge in [-0.2, -0.15) is 4.98 Å². The number of hydrogen-bond donors (Lipinski definition) is 1. The summed E-state index contributed by atoms with van der Waals surface area (Å²) in [5, 5.41) is 13.0. The molecule has 0 unspecified atom stereocenters. The Morgan fingerprint density at radius 3 is 3.00 bits per heavy atom. The molecule has 2 aromatic rings. The molecule has 0 fully saturated rings. The number of carboxylic acid groups (broad SMARTS) is 1. The van der Waals surface area contributed by atoms with Crippen LogP contribution in [0.4, 0.5) is 0 Å². The molecule has 1 N–H and O–H groups in total. The molecular weight excluding hydrogens is 234 g/mol. The van der Waals surface area contributed by atoms with Gasteiger partial charge >= 0.3 is 5.97 Å². The Hall–Kier alpha value is -2.11. The first-order valence-electron chi connectivity index (χ1n) is 5.82. The Bertz CT molecular complexity index is 557. The second-order valence-electron chi connectivity index (χ2n) is 4.13. The number of carbonyl (C=O) groups is 1. The maximum absolute atomic E-state index is 11.1. The van der Waals surface area contributed by atoms with Crippen molar-refractivity contribution in [1.29, 1.82) is 0 Å². The van der Waals surface area contributed by atoms with E-state index in [0.717, 1.165) is 18.4 Å². The summed E-state index contributed by atoms with van der Waals surface area (Å²) in [6, 6.07) is 1.76. The molecule has 2 heterocycles. The smallest absolute Gasteiger partial charge is 0.352 e. The van der Waals surface area contributed by atoms with Crippen molar-refractivity contribution in [2.45, 2.75) is 33.2 Å². The van der Waals surface area contributed by atoms with Gasteiger partial charge in [0.15, 0.2) is 5.82 Å². The van der Waals surface area contributed by atoms with Gasteiger partial charge in [0.25, 0.3) is 0 Å². The molecule has 0 amide bonds. The average molecular weight is 249 g/mol. The number of carboxylic acids is 1. The molecule has 0 saturated heterocycles. The summed E-state index contributed by atoms with van der Waals surface area (Å²) >= 11 is 0. The summed E-state index contributed by atoms with van der Waals surface area (Å²) < 4.78 is 6.69. The van der Waals surface area contributed by atoms with E-state index in [4.69, 9.17) is 9.63 Å². The van der Waals surface area contributed by atoms with Crippen LogP contribution in [0, 0.1) is 6.92 Å². The van der Waals surface area contributed by atoms with Crippen LogP contribution >= 0.6 is 0 Å². The SMILES string of the molecule is CCCc1noc(Cn2ccc(C)c2C(=O)O)n1. The lowest BCUT2D eigenvalue weighted by molar-refractivity contribution is 0.0684. The van der Waals surface area contributed by atoms with Crippen LogP contribution in [0.25, 0.3) is 0 Å². The molecule has 0 radical (unpaired) electrons. The maximum atomic E-state index is 11.1. The van der Waals surface area contributed by atoms with E-state index in [-0.39, 0.29) is 12.2 Å². The first-order valence-corrected chi connectivity index (χ1v) is 5.82. The molecule has 18 heavy (non-hydrogen) atoms. The molecule has 6 heteroatoms. The van der Waals surface area contributed by atoms with Gasteiger partial charge in [-0.1, -0.05) is 12.1 Å². The van der Waals surface area contributed by atoms with Crippen molar-refractivity contribution in [3.63, 3.8) is 0 Å². The quantitative estimate of drug-likeness (QED) is 0.874. The van der Waals surface area contributed by atoms with Crippen LogP contribution in [0.3, 0.4) is 0 Å². The Morgan fingerprint density at radius 1 is 1.56 bits per heavy atom. The molecule has 96 valence electrons. The van der Waals surface area contributed by atoms with Gasteiger partial charge < -0.3 is 14.2 Å². The van der Waals surface area contributed by atoms with Crippen LogP contribution < -0.4 is 0 Å². The Labute approximate surface area is 104 Å². The second-order valence-corrected chi connectivity index (χ2v) is 4.13. The lowest BCUT2D eigenvalue weighted by Crippen LogP contribution is -2.10. The van der Waals surface area contributed by atoms with Crippen LogP contribution in [-0.4, -0.2) is 25.8 Å². The maximum Gasteiger partial charge on any atom is 0.352 e. The van der Waals surface area contributed by atoms with Crippen molar-refractivity contribution in [2.75, 3.05) is 0 Å². The molecule has 0 spiro atoms. The van der Waals surface area contributed by atoms with E-state index in [1.165, 1.54) is 0 Å². The molecule has 0 aliphatic rings. The van der Waals surface area contributed by atoms with Crippen molar-refractivity contribution in [3.05, 3.63) is 35.2 Å². The normalized spacial score (nSPS) is 10.8. The highest BCUT2D eigenvalue weighted by Crippen LogP contribution is 2.12. The van der Waals surface area contributed by atoms with Crippen molar-refractivity contribution in [2.24, 2.45) is 0 Å². The highest BCUT2D eigenvalue weighted by molar-refractivity contribution is 5.87. The third-order valence-electron chi connectivity index (χ3n) is 2.66. The van der Waals surface area contributed by atoms with E-state index >= 15 is 0 Å². The summed E-state index contributed by atoms with van der Waals surface area (Å²) in [4.78, 5) is 15.3. The Morgan fingerprint density at radius 2 is 2.33 bits per heavy atom. The highest BCUT2D eigenvalue weighted by atomic mass is 16.5. The molecule has 0 bridgehead atoms. The molecule has 0 aliphatic heterocycles. The molecule has 0 aromatic carbocycles. The van der Waals surface area contributed by atoms with Crippen LogP contribution in [0.2, 0.25) is 0 Å². The summed E-state index contributed by atoms with van der Waals surface area (Å²) in [6.07, 6.45) is 3.42. The van der Waals surface area contributed by atoms with Gasteiger partial charge in [0.2, 0.25) is 5.89 Å². The fourth-order valence-corrected chi connectivity index (χ4v) is 1.83. The van der Waals surface area contributed by atoms with E-state index in [1.807, 2.05) is 6.92 Å². The van der Waals surface area contributed by atoms with Gasteiger partial charge in [0.1, 0.15) is 12.2 Å². The molecule has 6 nitrogen and oxygen atoms in total. The summed E-state index contributed by atoms with van der Waals surface area (Å²) in [7, 11) is 0. The third-order valence-corrected chi connectivity index (χ3v) is 2.66. The summed E-state index contributed by atoms with van der Waals surface area (Å²) in [5.74, 6) is 0.135. The number of nitrogens with zero attached hydrogens (tertiary/aromatic N) is 3. The topological polar surface area (TPSA) is 81.2 Å². The largest absolute Gasteiger partial charge is 0.477 e.